The van der Waals surface area contributed by atoms with Crippen molar-refractivity contribution in [1.29, 1.82) is 0 Å². The van der Waals surface area contributed by atoms with Gasteiger partial charge in [0.25, 0.3) is 0 Å². The van der Waals surface area contributed by atoms with Crippen LogP contribution in [0.5, 0.6) is 0 Å². The molecule has 0 atom stereocenters. The molecule has 0 saturated heterocycles. The highest BCUT2D eigenvalue weighted by atomic mass is 79.9. The van der Waals surface area contributed by atoms with E-state index in [-0.39, 0.29) is 69.2 Å². The zero-order valence-electron chi connectivity index (χ0n) is 30.1. The highest BCUT2D eigenvalue weighted by molar-refractivity contribution is 5.58. The summed E-state index contributed by atoms with van der Waals surface area (Å²) < 4.78 is 20.1. The summed E-state index contributed by atoms with van der Waals surface area (Å²) >= 11 is 0. The van der Waals surface area contributed by atoms with Gasteiger partial charge in [-0.3, -0.25) is 0 Å². The molecular formula is C42H42Br3N3O6. The van der Waals surface area contributed by atoms with Crippen molar-refractivity contribution in [1.82, 2.24) is 0 Å². The summed E-state index contributed by atoms with van der Waals surface area (Å²) in [5.41, 5.74) is 5.50. The molecule has 0 radical (unpaired) electrons. The Kier molecular flexibility index (Phi) is 22.5. The maximum absolute atomic E-state index is 11.8. The van der Waals surface area contributed by atoms with E-state index in [4.69, 9.17) is 14.2 Å². The number of pyridine rings is 3. The minimum Gasteiger partial charge on any atom is -1.00 e. The Hall–Kier alpha value is -5.04. The van der Waals surface area contributed by atoms with Gasteiger partial charge in [-0.25, -0.2) is 0 Å². The molecule has 0 fully saturated rings. The number of halogens is 3. The lowest BCUT2D eigenvalue weighted by Crippen LogP contribution is -3.00. The van der Waals surface area contributed by atoms with Crippen LogP contribution in [0.15, 0.2) is 164 Å². The Morgan fingerprint density at radius 2 is 0.593 bits per heavy atom. The average molecular weight is 925 g/mol. The van der Waals surface area contributed by atoms with Crippen LogP contribution in [0.4, 0.5) is 14.4 Å². The summed E-state index contributed by atoms with van der Waals surface area (Å²) in [5, 5.41) is 0. The molecule has 0 unspecified atom stereocenters. The van der Waals surface area contributed by atoms with Gasteiger partial charge in [0, 0.05) is 57.2 Å². The van der Waals surface area contributed by atoms with Crippen LogP contribution in [0, 0.1) is 20.8 Å². The maximum atomic E-state index is 11.8. The Labute approximate surface area is 348 Å². The Bertz CT molecular complexity index is 1770. The van der Waals surface area contributed by atoms with Crippen molar-refractivity contribution in [2.24, 2.45) is 0 Å². The first kappa shape index (κ1) is 47.0. The van der Waals surface area contributed by atoms with Crippen molar-refractivity contribution in [3.63, 3.8) is 0 Å². The van der Waals surface area contributed by atoms with Gasteiger partial charge >= 0.3 is 18.3 Å². The van der Waals surface area contributed by atoms with Crippen LogP contribution in [0.3, 0.4) is 0 Å². The molecule has 0 bridgehead atoms. The molecule has 0 saturated carbocycles. The quantitative estimate of drug-likeness (QED) is 0.148. The molecule has 6 aromatic rings. The van der Waals surface area contributed by atoms with E-state index < -0.39 is 0 Å². The van der Waals surface area contributed by atoms with Crippen LogP contribution in [-0.4, -0.2) is 18.3 Å². The number of hydrogen-bond acceptors (Lipinski definition) is 6. The first-order chi connectivity index (χ1) is 24.8. The van der Waals surface area contributed by atoms with Crippen molar-refractivity contribution >= 4 is 18.3 Å². The van der Waals surface area contributed by atoms with E-state index in [2.05, 4.69) is 0 Å². The molecule has 0 amide bonds. The van der Waals surface area contributed by atoms with Crippen LogP contribution in [-0.2, 0) is 34.0 Å². The topological polar surface area (TPSA) is 90.5 Å². The third-order valence-corrected chi connectivity index (χ3v) is 7.40. The fraction of sp³-hybridized carbons (Fsp3) is 0.143. The van der Waals surface area contributed by atoms with E-state index in [9.17, 15) is 14.4 Å². The number of carbonyl (C=O) groups is 3. The molecule has 9 nitrogen and oxygen atoms in total. The van der Waals surface area contributed by atoms with Gasteiger partial charge in [0.1, 0.15) is 19.8 Å². The van der Waals surface area contributed by atoms with Gasteiger partial charge in [-0.05, 0) is 16.7 Å². The second-order valence-electron chi connectivity index (χ2n) is 11.3. The van der Waals surface area contributed by atoms with E-state index in [0.29, 0.717) is 19.8 Å². The number of aryl methyl sites for hydroxylation is 3. The molecule has 3 aromatic heterocycles. The molecule has 12 heteroatoms. The fourth-order valence-electron chi connectivity index (χ4n) is 4.57. The third-order valence-electron chi connectivity index (χ3n) is 7.40. The zero-order chi connectivity index (χ0) is 36.3. The van der Waals surface area contributed by atoms with E-state index in [1.165, 1.54) is 13.7 Å². The molecule has 0 spiro atoms. The lowest BCUT2D eigenvalue weighted by molar-refractivity contribution is -0.593. The molecule has 0 aliphatic heterocycles. The van der Waals surface area contributed by atoms with Crippen molar-refractivity contribution in [2.75, 3.05) is 0 Å². The van der Waals surface area contributed by atoms with Crippen LogP contribution >= 0.6 is 0 Å². The van der Waals surface area contributed by atoms with Gasteiger partial charge in [-0.2, -0.15) is 14.4 Å². The highest BCUT2D eigenvalue weighted by Crippen LogP contribution is 2.03. The van der Waals surface area contributed by atoms with E-state index in [1.807, 2.05) is 148 Å². The standard InChI is InChI=1S/3C14H14NO2.3BrH/c3*1-12-7-5-6-10-15(12)14(16)17-11-13-8-3-2-4-9-13;;;/h3*2-10H,11H2,1H3;3*1H/q3*+1;;;/p-3. The Morgan fingerprint density at radius 3 is 0.815 bits per heavy atom. The van der Waals surface area contributed by atoms with Crippen LogP contribution in [0.1, 0.15) is 33.8 Å². The zero-order valence-corrected chi connectivity index (χ0v) is 34.9. The minimum absolute atomic E-state index is 0. The van der Waals surface area contributed by atoms with Crippen LogP contribution in [0.2, 0.25) is 0 Å². The maximum Gasteiger partial charge on any atom is 0.602 e. The predicted molar refractivity (Wildman–Crippen MR) is 190 cm³/mol. The smallest absolute Gasteiger partial charge is 0.602 e. The Balaban J connectivity index is 0.000000394. The summed E-state index contributed by atoms with van der Waals surface area (Å²) in [6.45, 7) is 6.47. The first-order valence-corrected chi connectivity index (χ1v) is 16.4. The summed E-state index contributed by atoms with van der Waals surface area (Å²) in [6.07, 6.45) is 4.03. The van der Waals surface area contributed by atoms with Crippen molar-refractivity contribution in [3.05, 3.63) is 198 Å². The molecule has 3 heterocycles. The number of carbonyl (C=O) groups excluding carboxylic acids is 3. The second-order valence-corrected chi connectivity index (χ2v) is 11.3. The number of hydrogen-bond donors (Lipinski definition) is 0. The van der Waals surface area contributed by atoms with Gasteiger partial charge < -0.3 is 65.2 Å². The largest absolute Gasteiger partial charge is 1.00 e. The molecule has 0 N–H and O–H groups in total. The van der Waals surface area contributed by atoms with E-state index in [0.717, 1.165) is 33.8 Å². The van der Waals surface area contributed by atoms with E-state index >= 15 is 0 Å². The average Bonchev–Trinajstić information content (AvgIpc) is 3.17. The minimum atomic E-state index is -0.355. The molecule has 0 aliphatic carbocycles. The third kappa shape index (κ3) is 15.9. The number of benzene rings is 3. The van der Waals surface area contributed by atoms with Crippen molar-refractivity contribution < 1.29 is 93.2 Å². The number of rotatable bonds is 6. The van der Waals surface area contributed by atoms with Gasteiger partial charge in [-0.15, -0.1) is 0 Å². The van der Waals surface area contributed by atoms with Gasteiger partial charge in [0.05, 0.1) is 0 Å². The van der Waals surface area contributed by atoms with Crippen molar-refractivity contribution in [3.8, 4) is 0 Å². The molecule has 282 valence electrons. The van der Waals surface area contributed by atoms with Crippen LogP contribution in [0.25, 0.3) is 0 Å². The summed E-state index contributed by atoms with van der Waals surface area (Å²) in [6, 6.07) is 45.5. The first-order valence-electron chi connectivity index (χ1n) is 16.4. The van der Waals surface area contributed by atoms with Gasteiger partial charge in [0.15, 0.2) is 35.7 Å². The van der Waals surface area contributed by atoms with Crippen LogP contribution < -0.4 is 64.6 Å². The number of nitrogens with zero attached hydrogens (tertiary/aromatic N) is 3. The number of aromatic nitrogens is 3. The fourth-order valence-corrected chi connectivity index (χ4v) is 4.57. The number of ether oxygens (including phenoxy) is 3. The lowest BCUT2D eigenvalue weighted by atomic mass is 10.2. The second kappa shape index (κ2) is 25.9. The van der Waals surface area contributed by atoms with Gasteiger partial charge in [-0.1, -0.05) is 123 Å². The molecule has 6 rings (SSSR count). The summed E-state index contributed by atoms with van der Waals surface area (Å²) in [7, 11) is 0. The SMILES string of the molecule is Cc1cccc[n+]1C(=O)OCc1ccccc1.Cc1cccc[n+]1C(=O)OCc1ccccc1.Cc1cccc[n+]1C(=O)OCc1ccccc1.[Br-].[Br-].[Br-]. The normalized spacial score (nSPS) is 9.39. The molecular weight excluding hydrogens is 882 g/mol. The summed E-state index contributed by atoms with van der Waals surface area (Å²) in [4.78, 5) is 35.3. The monoisotopic (exact) mass is 921 g/mol. The molecule has 0 aliphatic rings. The summed E-state index contributed by atoms with van der Waals surface area (Å²) in [5.74, 6) is 0. The lowest BCUT2D eigenvalue weighted by Gasteiger charge is -2.01. The van der Waals surface area contributed by atoms with Gasteiger partial charge in [0.2, 0.25) is 0 Å². The molecule has 3 aromatic carbocycles. The highest BCUT2D eigenvalue weighted by Gasteiger charge is 2.20. The molecule has 54 heavy (non-hydrogen) atoms. The Morgan fingerprint density at radius 1 is 0.370 bits per heavy atom. The van der Waals surface area contributed by atoms with Crippen molar-refractivity contribution in [2.45, 2.75) is 40.6 Å². The predicted octanol–water partition coefficient (Wildman–Crippen LogP) is -1.59. The van der Waals surface area contributed by atoms with E-state index in [1.54, 1.807) is 36.8 Å².